The third-order valence-electron chi connectivity index (χ3n) is 5.47. The Hall–Kier alpha value is -3.40. The van der Waals surface area contributed by atoms with E-state index < -0.39 is 0 Å². The van der Waals surface area contributed by atoms with Gasteiger partial charge in [-0.2, -0.15) is 5.10 Å². The van der Waals surface area contributed by atoms with Gasteiger partial charge in [0.2, 0.25) is 5.91 Å². The van der Waals surface area contributed by atoms with Gasteiger partial charge in [-0.25, -0.2) is 0 Å². The molecule has 2 atom stereocenters. The van der Waals surface area contributed by atoms with Crippen LogP contribution in [0.15, 0.2) is 85.2 Å². The van der Waals surface area contributed by atoms with Crippen LogP contribution in [0.5, 0.6) is 0 Å². The van der Waals surface area contributed by atoms with Crippen molar-refractivity contribution < 1.29 is 4.79 Å². The quantitative estimate of drug-likeness (QED) is 0.549. The Bertz CT molecular complexity index is 1130. The number of carbonyl (C=O) groups is 1. The second-order valence-corrected chi connectivity index (χ2v) is 7.41. The van der Waals surface area contributed by atoms with Crippen LogP contribution in [-0.4, -0.2) is 15.7 Å². The zero-order valence-corrected chi connectivity index (χ0v) is 15.5. The van der Waals surface area contributed by atoms with E-state index in [1.54, 1.807) is 6.20 Å². The molecule has 1 fully saturated rings. The number of amides is 1. The number of hydrogen-bond donors (Lipinski definition) is 1. The Morgan fingerprint density at radius 3 is 2.68 bits per heavy atom. The molecule has 0 radical (unpaired) electrons. The van der Waals surface area contributed by atoms with Gasteiger partial charge < -0.3 is 5.32 Å². The Morgan fingerprint density at radius 1 is 1.00 bits per heavy atom. The van der Waals surface area contributed by atoms with Crippen LogP contribution in [0.25, 0.3) is 10.8 Å². The second-order valence-electron chi connectivity index (χ2n) is 7.41. The molecular weight excluding hydrogens is 346 g/mol. The topological polar surface area (TPSA) is 46.9 Å². The van der Waals surface area contributed by atoms with Gasteiger partial charge in [0.1, 0.15) is 0 Å². The summed E-state index contributed by atoms with van der Waals surface area (Å²) in [6.07, 6.45) is 4.54. The molecule has 3 aromatic carbocycles. The Morgan fingerprint density at radius 2 is 1.79 bits per heavy atom. The highest BCUT2D eigenvalue weighted by atomic mass is 16.2. The molecule has 4 heteroatoms. The van der Waals surface area contributed by atoms with Gasteiger partial charge in [0.15, 0.2) is 0 Å². The summed E-state index contributed by atoms with van der Waals surface area (Å²) in [7, 11) is 0. The van der Waals surface area contributed by atoms with E-state index >= 15 is 0 Å². The highest BCUT2D eigenvalue weighted by Crippen LogP contribution is 2.47. The minimum atomic E-state index is 0.0591. The molecule has 5 rings (SSSR count). The van der Waals surface area contributed by atoms with E-state index in [4.69, 9.17) is 0 Å². The summed E-state index contributed by atoms with van der Waals surface area (Å²) in [4.78, 5) is 12.6. The number of fused-ring (bicyclic) bond motifs is 1. The molecule has 1 aliphatic rings. The smallest absolute Gasteiger partial charge is 0.228 e. The summed E-state index contributed by atoms with van der Waals surface area (Å²) in [5.74, 6) is 0.481. The van der Waals surface area contributed by atoms with Gasteiger partial charge >= 0.3 is 0 Å². The minimum Gasteiger partial charge on any atom is -0.323 e. The van der Waals surface area contributed by atoms with Crippen molar-refractivity contribution in [3.63, 3.8) is 0 Å². The van der Waals surface area contributed by atoms with Crippen molar-refractivity contribution in [2.45, 2.75) is 18.9 Å². The maximum absolute atomic E-state index is 12.6. The molecule has 138 valence electrons. The number of benzene rings is 3. The molecule has 1 heterocycles. The van der Waals surface area contributed by atoms with Gasteiger partial charge in [-0.3, -0.25) is 9.48 Å². The zero-order chi connectivity index (χ0) is 18.9. The molecule has 0 aliphatic heterocycles. The first-order valence-electron chi connectivity index (χ1n) is 9.63. The highest BCUT2D eigenvalue weighted by molar-refractivity contribution is 5.95. The Labute approximate surface area is 163 Å². The van der Waals surface area contributed by atoms with E-state index in [0.717, 1.165) is 12.1 Å². The summed E-state index contributed by atoms with van der Waals surface area (Å²) in [5.41, 5.74) is 3.21. The first-order valence-corrected chi connectivity index (χ1v) is 9.63. The molecule has 4 aromatic rings. The lowest BCUT2D eigenvalue weighted by molar-refractivity contribution is -0.117. The number of carbonyl (C=O) groups excluding carboxylic acids is 1. The van der Waals surface area contributed by atoms with Gasteiger partial charge in [0, 0.05) is 12.1 Å². The van der Waals surface area contributed by atoms with Gasteiger partial charge in [-0.15, -0.1) is 0 Å². The molecule has 1 amide bonds. The van der Waals surface area contributed by atoms with Gasteiger partial charge in [-0.05, 0) is 34.2 Å². The van der Waals surface area contributed by atoms with Crippen molar-refractivity contribution in [3.05, 3.63) is 96.3 Å². The lowest BCUT2D eigenvalue weighted by Gasteiger charge is -2.06. The number of nitrogens with one attached hydrogen (secondary N) is 1. The fraction of sp³-hybridized carbons (Fsp3) is 0.167. The third kappa shape index (κ3) is 3.29. The number of nitrogens with zero attached hydrogens (tertiary/aromatic N) is 2. The second kappa shape index (κ2) is 6.97. The SMILES string of the molecule is O=C(Nc1cnn(Cc2cccc3ccccc23)c1)C1CC1c1ccccc1. The van der Waals surface area contributed by atoms with Gasteiger partial charge in [0.25, 0.3) is 0 Å². The normalized spacial score (nSPS) is 18.1. The van der Waals surface area contributed by atoms with Crippen LogP contribution < -0.4 is 5.32 Å². The molecule has 0 bridgehead atoms. The lowest BCUT2D eigenvalue weighted by Crippen LogP contribution is -2.14. The van der Waals surface area contributed by atoms with Gasteiger partial charge in [-0.1, -0.05) is 72.8 Å². The molecule has 0 saturated heterocycles. The minimum absolute atomic E-state index is 0.0591. The van der Waals surface area contributed by atoms with Crippen LogP contribution >= 0.6 is 0 Å². The third-order valence-corrected chi connectivity index (χ3v) is 5.47. The number of aromatic nitrogens is 2. The molecule has 28 heavy (non-hydrogen) atoms. The molecule has 1 aliphatic carbocycles. The van der Waals surface area contributed by atoms with Crippen LogP contribution in [-0.2, 0) is 11.3 Å². The van der Waals surface area contributed by atoms with E-state index in [2.05, 4.69) is 58.9 Å². The zero-order valence-electron chi connectivity index (χ0n) is 15.5. The molecule has 2 unspecified atom stereocenters. The summed E-state index contributed by atoms with van der Waals surface area (Å²) in [6, 6.07) is 24.9. The maximum Gasteiger partial charge on any atom is 0.228 e. The first kappa shape index (κ1) is 16.8. The summed E-state index contributed by atoms with van der Waals surface area (Å²) >= 11 is 0. The number of hydrogen-bond acceptors (Lipinski definition) is 2. The highest BCUT2D eigenvalue weighted by Gasteiger charge is 2.43. The lowest BCUT2D eigenvalue weighted by atomic mass is 10.0. The van der Waals surface area contributed by atoms with Crippen molar-refractivity contribution in [2.75, 3.05) is 5.32 Å². The molecule has 1 saturated carbocycles. The summed E-state index contributed by atoms with van der Waals surface area (Å²) in [5, 5.41) is 9.91. The average molecular weight is 367 g/mol. The number of anilines is 1. The molecule has 4 nitrogen and oxygen atoms in total. The fourth-order valence-corrected chi connectivity index (χ4v) is 3.91. The van der Waals surface area contributed by atoms with E-state index in [1.165, 1.54) is 21.9 Å². The molecular formula is C24H21N3O. The van der Waals surface area contributed by atoms with Crippen molar-refractivity contribution >= 4 is 22.4 Å². The van der Waals surface area contributed by atoms with E-state index in [9.17, 15) is 4.79 Å². The van der Waals surface area contributed by atoms with Crippen molar-refractivity contribution in [2.24, 2.45) is 5.92 Å². The molecule has 1 N–H and O–H groups in total. The van der Waals surface area contributed by atoms with Crippen LogP contribution in [0.2, 0.25) is 0 Å². The summed E-state index contributed by atoms with van der Waals surface area (Å²) in [6.45, 7) is 0.674. The monoisotopic (exact) mass is 367 g/mol. The predicted octanol–water partition coefficient (Wildman–Crippen LogP) is 4.83. The van der Waals surface area contributed by atoms with Crippen molar-refractivity contribution in [1.29, 1.82) is 0 Å². The van der Waals surface area contributed by atoms with Crippen molar-refractivity contribution in [3.8, 4) is 0 Å². The van der Waals surface area contributed by atoms with Crippen LogP contribution in [0, 0.1) is 5.92 Å². The van der Waals surface area contributed by atoms with E-state index in [0.29, 0.717) is 12.5 Å². The van der Waals surface area contributed by atoms with Crippen LogP contribution in [0.4, 0.5) is 5.69 Å². The summed E-state index contributed by atoms with van der Waals surface area (Å²) < 4.78 is 1.87. The van der Waals surface area contributed by atoms with Crippen LogP contribution in [0.1, 0.15) is 23.5 Å². The fourth-order valence-electron chi connectivity index (χ4n) is 3.91. The molecule has 0 spiro atoms. The maximum atomic E-state index is 12.6. The Kier molecular flexibility index (Phi) is 4.17. The van der Waals surface area contributed by atoms with E-state index in [-0.39, 0.29) is 11.8 Å². The largest absolute Gasteiger partial charge is 0.323 e. The predicted molar refractivity (Wildman–Crippen MR) is 111 cm³/mol. The molecule has 1 aromatic heterocycles. The standard InChI is InChI=1S/C24H21N3O/c28-24(23-13-22(23)18-7-2-1-3-8-18)26-20-14-25-27(16-20)15-19-11-6-10-17-9-4-5-12-21(17)19/h1-12,14,16,22-23H,13,15H2,(H,26,28). The van der Waals surface area contributed by atoms with Gasteiger partial charge in [0.05, 0.1) is 18.4 Å². The van der Waals surface area contributed by atoms with Crippen LogP contribution in [0.3, 0.4) is 0 Å². The van der Waals surface area contributed by atoms with Crippen molar-refractivity contribution in [1.82, 2.24) is 9.78 Å². The average Bonchev–Trinajstić information content (AvgIpc) is 3.43. The first-order chi connectivity index (χ1) is 13.8. The van der Waals surface area contributed by atoms with E-state index in [1.807, 2.05) is 35.1 Å². The number of rotatable bonds is 5. The Balaban J connectivity index is 1.26.